The lowest BCUT2D eigenvalue weighted by Crippen LogP contribution is -2.42. The Morgan fingerprint density at radius 1 is 1.00 bits per heavy atom. The quantitative estimate of drug-likeness (QED) is 0.747. The van der Waals surface area contributed by atoms with E-state index in [1.54, 1.807) is 0 Å². The van der Waals surface area contributed by atoms with Crippen molar-refractivity contribution in [1.82, 2.24) is 4.90 Å². The molecule has 2 aliphatic rings. The molecule has 20 heavy (non-hydrogen) atoms. The molecule has 0 aromatic rings. The number of carbonyl (C=O) groups excluding carboxylic acids is 2. The van der Waals surface area contributed by atoms with E-state index in [0.717, 1.165) is 25.7 Å². The Hall–Kier alpha value is -1.06. The Balaban J connectivity index is 1.75. The molecule has 1 saturated carbocycles. The van der Waals surface area contributed by atoms with Gasteiger partial charge in [0.1, 0.15) is 6.10 Å². The fourth-order valence-electron chi connectivity index (χ4n) is 3.14. The van der Waals surface area contributed by atoms with Gasteiger partial charge in [-0.25, -0.2) is 0 Å². The molecule has 2 fully saturated rings. The Bertz CT molecular complexity index is 340. The number of hydrogen-bond acceptors (Lipinski definition) is 3. The summed E-state index contributed by atoms with van der Waals surface area (Å²) in [4.78, 5) is 25.9. The summed E-state index contributed by atoms with van der Waals surface area (Å²) in [6, 6.07) is 0. The minimum absolute atomic E-state index is 0.00635. The number of piperidine rings is 1. The van der Waals surface area contributed by atoms with Gasteiger partial charge in [0, 0.05) is 19.0 Å². The molecule has 0 N–H and O–H groups in total. The van der Waals surface area contributed by atoms with Gasteiger partial charge in [-0.15, -0.1) is 0 Å². The lowest BCUT2D eigenvalue weighted by molar-refractivity contribution is -0.158. The summed E-state index contributed by atoms with van der Waals surface area (Å²) in [6.07, 6.45) is 7.33. The molecular formula is C16H27NO3. The average Bonchev–Trinajstić information content (AvgIpc) is 2.47. The lowest BCUT2D eigenvalue weighted by atomic mass is 9.95. The third kappa shape index (κ3) is 3.97. The molecule has 0 aromatic heterocycles. The highest BCUT2D eigenvalue weighted by Crippen LogP contribution is 2.25. The standard InChI is InChI=1S/C16H27NO3/c1-12(2)15(18)17-10-8-13(9-11-17)16(19)20-14-6-4-3-5-7-14/h12-14H,3-11H2,1-2H3. The molecular weight excluding hydrogens is 254 g/mol. The second-order valence-electron chi connectivity index (χ2n) is 6.45. The molecule has 4 nitrogen and oxygen atoms in total. The van der Waals surface area contributed by atoms with Crippen molar-refractivity contribution in [3.8, 4) is 0 Å². The summed E-state index contributed by atoms with van der Waals surface area (Å²) in [6.45, 7) is 5.24. The van der Waals surface area contributed by atoms with Crippen LogP contribution < -0.4 is 0 Å². The van der Waals surface area contributed by atoms with E-state index < -0.39 is 0 Å². The first-order valence-corrected chi connectivity index (χ1v) is 8.07. The SMILES string of the molecule is CC(C)C(=O)N1CCC(C(=O)OC2CCCCC2)CC1. The third-order valence-electron chi connectivity index (χ3n) is 4.47. The van der Waals surface area contributed by atoms with E-state index in [9.17, 15) is 9.59 Å². The normalized spacial score (nSPS) is 22.1. The number of amides is 1. The van der Waals surface area contributed by atoms with E-state index in [4.69, 9.17) is 4.74 Å². The smallest absolute Gasteiger partial charge is 0.309 e. The minimum atomic E-state index is -0.0338. The van der Waals surface area contributed by atoms with Crippen molar-refractivity contribution in [2.24, 2.45) is 11.8 Å². The second-order valence-corrected chi connectivity index (χ2v) is 6.45. The van der Waals surface area contributed by atoms with E-state index in [1.807, 2.05) is 18.7 Å². The molecule has 1 aliphatic heterocycles. The summed E-state index contributed by atoms with van der Waals surface area (Å²) in [5.74, 6) is 0.200. The van der Waals surface area contributed by atoms with Gasteiger partial charge in [0.15, 0.2) is 0 Å². The molecule has 0 radical (unpaired) electrons. The predicted molar refractivity (Wildman–Crippen MR) is 77.1 cm³/mol. The summed E-state index contributed by atoms with van der Waals surface area (Å²) in [5, 5.41) is 0. The summed E-state index contributed by atoms with van der Waals surface area (Å²) in [7, 11) is 0. The van der Waals surface area contributed by atoms with Crippen LogP contribution >= 0.6 is 0 Å². The summed E-state index contributed by atoms with van der Waals surface area (Å²) >= 11 is 0. The molecule has 0 unspecified atom stereocenters. The van der Waals surface area contributed by atoms with Crippen LogP contribution in [0.2, 0.25) is 0 Å². The van der Waals surface area contributed by atoms with Gasteiger partial charge in [0.25, 0.3) is 0 Å². The van der Waals surface area contributed by atoms with E-state index in [2.05, 4.69) is 0 Å². The molecule has 0 atom stereocenters. The number of hydrogen-bond donors (Lipinski definition) is 0. The van der Waals surface area contributed by atoms with Crippen LogP contribution in [0.25, 0.3) is 0 Å². The molecule has 1 heterocycles. The molecule has 2 rings (SSSR count). The van der Waals surface area contributed by atoms with Crippen LogP contribution in [0.1, 0.15) is 58.8 Å². The van der Waals surface area contributed by atoms with Crippen molar-refractivity contribution in [1.29, 1.82) is 0 Å². The second kappa shape index (κ2) is 7.09. The third-order valence-corrected chi connectivity index (χ3v) is 4.47. The van der Waals surface area contributed by atoms with E-state index >= 15 is 0 Å². The van der Waals surface area contributed by atoms with Crippen molar-refractivity contribution in [2.45, 2.75) is 64.9 Å². The zero-order chi connectivity index (χ0) is 14.5. The predicted octanol–water partition coefficient (Wildman–Crippen LogP) is 2.76. The summed E-state index contributed by atoms with van der Waals surface area (Å²) in [5.41, 5.74) is 0. The van der Waals surface area contributed by atoms with Crippen LogP contribution in [-0.4, -0.2) is 36.0 Å². The van der Waals surface area contributed by atoms with Crippen molar-refractivity contribution in [3.05, 3.63) is 0 Å². The molecule has 114 valence electrons. The van der Waals surface area contributed by atoms with Gasteiger partial charge in [0.05, 0.1) is 5.92 Å². The Morgan fingerprint density at radius 3 is 2.15 bits per heavy atom. The molecule has 0 aromatic carbocycles. The Labute approximate surface area is 121 Å². The van der Waals surface area contributed by atoms with Gasteiger partial charge in [0.2, 0.25) is 5.91 Å². The van der Waals surface area contributed by atoms with Crippen LogP contribution in [0.3, 0.4) is 0 Å². The zero-order valence-corrected chi connectivity index (χ0v) is 12.8. The van der Waals surface area contributed by atoms with Crippen molar-refractivity contribution in [2.75, 3.05) is 13.1 Å². The molecule has 1 amide bonds. The zero-order valence-electron chi connectivity index (χ0n) is 12.8. The topological polar surface area (TPSA) is 46.6 Å². The lowest BCUT2D eigenvalue weighted by Gasteiger charge is -2.33. The molecule has 0 spiro atoms. The van der Waals surface area contributed by atoms with E-state index in [-0.39, 0.29) is 29.8 Å². The van der Waals surface area contributed by atoms with Crippen LogP contribution in [0.5, 0.6) is 0 Å². The largest absolute Gasteiger partial charge is 0.462 e. The molecule has 4 heteroatoms. The van der Waals surface area contributed by atoms with Crippen LogP contribution in [-0.2, 0) is 14.3 Å². The Morgan fingerprint density at radius 2 is 1.60 bits per heavy atom. The van der Waals surface area contributed by atoms with Gasteiger partial charge in [-0.2, -0.15) is 0 Å². The number of carbonyl (C=O) groups is 2. The highest BCUT2D eigenvalue weighted by molar-refractivity contribution is 5.79. The average molecular weight is 281 g/mol. The first-order chi connectivity index (χ1) is 9.58. The van der Waals surface area contributed by atoms with Crippen LogP contribution in [0, 0.1) is 11.8 Å². The molecule has 0 bridgehead atoms. The Kier molecular flexibility index (Phi) is 5.44. The first kappa shape index (κ1) is 15.3. The van der Waals surface area contributed by atoms with Gasteiger partial charge in [-0.3, -0.25) is 9.59 Å². The van der Waals surface area contributed by atoms with Crippen molar-refractivity contribution < 1.29 is 14.3 Å². The van der Waals surface area contributed by atoms with Crippen molar-refractivity contribution in [3.63, 3.8) is 0 Å². The fourth-order valence-corrected chi connectivity index (χ4v) is 3.14. The monoisotopic (exact) mass is 281 g/mol. The van der Waals surface area contributed by atoms with Gasteiger partial charge in [-0.05, 0) is 38.5 Å². The molecule has 1 saturated heterocycles. The fraction of sp³-hybridized carbons (Fsp3) is 0.875. The van der Waals surface area contributed by atoms with E-state index in [1.165, 1.54) is 19.3 Å². The maximum Gasteiger partial charge on any atom is 0.309 e. The number of nitrogens with zero attached hydrogens (tertiary/aromatic N) is 1. The van der Waals surface area contributed by atoms with Gasteiger partial charge >= 0.3 is 5.97 Å². The van der Waals surface area contributed by atoms with Crippen LogP contribution in [0.4, 0.5) is 0 Å². The number of likely N-dealkylation sites (tertiary alicyclic amines) is 1. The summed E-state index contributed by atoms with van der Waals surface area (Å²) < 4.78 is 5.63. The highest BCUT2D eigenvalue weighted by Gasteiger charge is 2.30. The maximum absolute atomic E-state index is 12.2. The van der Waals surface area contributed by atoms with Gasteiger partial charge < -0.3 is 9.64 Å². The first-order valence-electron chi connectivity index (χ1n) is 8.07. The number of rotatable bonds is 3. The van der Waals surface area contributed by atoms with Gasteiger partial charge in [-0.1, -0.05) is 20.3 Å². The molecule has 1 aliphatic carbocycles. The minimum Gasteiger partial charge on any atom is -0.462 e. The number of esters is 1. The number of ether oxygens (including phenoxy) is 1. The van der Waals surface area contributed by atoms with E-state index in [0.29, 0.717) is 13.1 Å². The maximum atomic E-state index is 12.2. The highest BCUT2D eigenvalue weighted by atomic mass is 16.5. The van der Waals surface area contributed by atoms with Crippen molar-refractivity contribution >= 4 is 11.9 Å². The van der Waals surface area contributed by atoms with Crippen LogP contribution in [0.15, 0.2) is 0 Å².